The van der Waals surface area contributed by atoms with E-state index in [0.29, 0.717) is 0 Å². The van der Waals surface area contributed by atoms with Gasteiger partial charge in [-0.3, -0.25) is 0 Å². The van der Waals surface area contributed by atoms with E-state index < -0.39 is 0 Å². The minimum Gasteiger partial charge on any atom is -0.247 e. The summed E-state index contributed by atoms with van der Waals surface area (Å²) in [7, 11) is 0. The van der Waals surface area contributed by atoms with Crippen molar-refractivity contribution in [2.24, 2.45) is 0 Å². The van der Waals surface area contributed by atoms with Crippen LogP contribution in [0.25, 0.3) is 32.6 Å². The van der Waals surface area contributed by atoms with Crippen molar-refractivity contribution in [2.75, 3.05) is 0 Å². The highest BCUT2D eigenvalue weighted by molar-refractivity contribution is 6.08. The molecule has 0 aliphatic rings. The van der Waals surface area contributed by atoms with Crippen LogP contribution in [0.2, 0.25) is 0 Å². The van der Waals surface area contributed by atoms with Crippen molar-refractivity contribution in [1.29, 1.82) is 0 Å². The second-order valence-electron chi connectivity index (χ2n) is 5.73. The minimum atomic E-state index is 1.05. The third-order valence-corrected chi connectivity index (χ3v) is 4.22. The van der Waals surface area contributed by atoms with Crippen molar-refractivity contribution < 1.29 is 0 Å². The van der Waals surface area contributed by atoms with Gasteiger partial charge in [0.2, 0.25) is 0 Å². The zero-order valence-electron chi connectivity index (χ0n) is 12.4. The second-order valence-corrected chi connectivity index (χ2v) is 5.73. The lowest BCUT2D eigenvalue weighted by Gasteiger charge is -2.07. The molecule has 0 unspecified atom stereocenters. The zero-order valence-corrected chi connectivity index (χ0v) is 12.4. The van der Waals surface area contributed by atoms with Gasteiger partial charge >= 0.3 is 0 Å². The van der Waals surface area contributed by atoms with E-state index in [4.69, 9.17) is 4.98 Å². The summed E-state index contributed by atoms with van der Waals surface area (Å²) in [4.78, 5) is 4.94. The summed E-state index contributed by atoms with van der Waals surface area (Å²) in [5.41, 5.74) is 4.82. The number of aryl methyl sites for hydroxylation is 2. The molecule has 102 valence electrons. The van der Waals surface area contributed by atoms with Gasteiger partial charge in [-0.2, -0.15) is 0 Å². The fraction of sp³-hybridized carbons (Fsp3) is 0.150. The van der Waals surface area contributed by atoms with Gasteiger partial charge in [0.1, 0.15) is 0 Å². The minimum absolute atomic E-state index is 1.05. The first-order chi connectivity index (χ1) is 10.2. The number of rotatable bonds is 1. The molecule has 0 atom stereocenters. The Balaban J connectivity index is 2.13. The number of pyridine rings is 1. The average Bonchev–Trinajstić information content (AvgIpc) is 2.52. The molecule has 0 amide bonds. The Kier molecular flexibility index (Phi) is 2.68. The molecule has 1 heteroatoms. The first-order valence-corrected chi connectivity index (χ1v) is 7.47. The smallest absolute Gasteiger partial charge is 0.0788 e. The molecule has 4 aromatic rings. The second kappa shape index (κ2) is 4.56. The Morgan fingerprint density at radius 2 is 1.62 bits per heavy atom. The summed E-state index contributed by atoms with van der Waals surface area (Å²) in [6, 6.07) is 19.8. The van der Waals surface area contributed by atoms with Gasteiger partial charge in [0.15, 0.2) is 0 Å². The lowest BCUT2D eigenvalue weighted by molar-refractivity contribution is 1.14. The highest BCUT2D eigenvalue weighted by Gasteiger charge is 2.05. The van der Waals surface area contributed by atoms with Crippen LogP contribution in [-0.4, -0.2) is 4.98 Å². The predicted molar refractivity (Wildman–Crippen MR) is 90.9 cm³/mol. The zero-order chi connectivity index (χ0) is 14.4. The van der Waals surface area contributed by atoms with Gasteiger partial charge in [0.05, 0.1) is 11.0 Å². The van der Waals surface area contributed by atoms with Gasteiger partial charge in [-0.05, 0) is 36.4 Å². The van der Waals surface area contributed by atoms with Crippen molar-refractivity contribution in [1.82, 2.24) is 4.98 Å². The van der Waals surface area contributed by atoms with Crippen molar-refractivity contribution in [3.05, 3.63) is 65.7 Å². The molecule has 0 saturated carbocycles. The van der Waals surface area contributed by atoms with Crippen molar-refractivity contribution >= 4 is 32.6 Å². The first-order valence-electron chi connectivity index (χ1n) is 7.47. The van der Waals surface area contributed by atoms with Gasteiger partial charge in [-0.1, -0.05) is 55.0 Å². The van der Waals surface area contributed by atoms with Gasteiger partial charge in [0, 0.05) is 16.2 Å². The Bertz CT molecular complexity index is 983. The van der Waals surface area contributed by atoms with Crippen LogP contribution in [-0.2, 0) is 6.42 Å². The number of fused-ring (bicyclic) bond motifs is 4. The van der Waals surface area contributed by atoms with E-state index in [1.165, 1.54) is 32.7 Å². The van der Waals surface area contributed by atoms with Crippen LogP contribution in [0.5, 0.6) is 0 Å². The van der Waals surface area contributed by atoms with Crippen LogP contribution >= 0.6 is 0 Å². The molecule has 1 nitrogen and oxygen atoms in total. The average molecular weight is 271 g/mol. The molecule has 0 radical (unpaired) electrons. The molecule has 0 saturated heterocycles. The van der Waals surface area contributed by atoms with Crippen molar-refractivity contribution in [2.45, 2.75) is 20.3 Å². The predicted octanol–water partition coefficient (Wildman–Crippen LogP) is 5.41. The van der Waals surface area contributed by atoms with Gasteiger partial charge < -0.3 is 0 Å². The SMILES string of the molecule is CCc1ccc2cc3ccc4cc(C)ccc4c3nc2c1. The van der Waals surface area contributed by atoms with Gasteiger partial charge in [-0.25, -0.2) is 4.98 Å². The molecule has 0 N–H and O–H groups in total. The molecule has 0 aliphatic heterocycles. The lowest BCUT2D eigenvalue weighted by atomic mass is 10.0. The number of nitrogens with zero attached hydrogens (tertiary/aromatic N) is 1. The summed E-state index contributed by atoms with van der Waals surface area (Å²) in [6.07, 6.45) is 1.05. The molecule has 21 heavy (non-hydrogen) atoms. The van der Waals surface area contributed by atoms with E-state index in [2.05, 4.69) is 68.4 Å². The van der Waals surface area contributed by atoms with E-state index in [1.807, 2.05) is 0 Å². The summed E-state index contributed by atoms with van der Waals surface area (Å²) < 4.78 is 0. The largest absolute Gasteiger partial charge is 0.247 e. The molecule has 0 bridgehead atoms. The molecule has 4 rings (SSSR count). The highest BCUT2D eigenvalue weighted by Crippen LogP contribution is 2.28. The number of aromatic nitrogens is 1. The van der Waals surface area contributed by atoms with Crippen LogP contribution in [0.1, 0.15) is 18.1 Å². The number of hydrogen-bond acceptors (Lipinski definition) is 1. The molecular formula is C20H17N. The normalized spacial score (nSPS) is 11.5. The highest BCUT2D eigenvalue weighted by atomic mass is 14.7. The van der Waals surface area contributed by atoms with Crippen LogP contribution in [0.3, 0.4) is 0 Å². The van der Waals surface area contributed by atoms with Crippen LogP contribution in [0.15, 0.2) is 54.6 Å². The maximum atomic E-state index is 4.94. The van der Waals surface area contributed by atoms with E-state index in [1.54, 1.807) is 0 Å². The fourth-order valence-electron chi connectivity index (χ4n) is 3.01. The van der Waals surface area contributed by atoms with Gasteiger partial charge in [0.25, 0.3) is 0 Å². The quantitative estimate of drug-likeness (QED) is 0.333. The standard InChI is InChI=1S/C20H17N/c1-3-14-5-6-16-12-17-8-7-15-10-13(2)4-9-18(15)20(17)21-19(16)11-14/h4-12H,3H2,1-2H3. The molecule has 1 heterocycles. The van der Waals surface area contributed by atoms with Crippen LogP contribution in [0, 0.1) is 6.92 Å². The van der Waals surface area contributed by atoms with Crippen LogP contribution in [0.4, 0.5) is 0 Å². The molecule has 0 fully saturated rings. The molecule has 0 aliphatic carbocycles. The Labute approximate surface area is 124 Å². The Hall–Kier alpha value is -2.41. The third kappa shape index (κ3) is 1.97. The Morgan fingerprint density at radius 3 is 2.48 bits per heavy atom. The molecular weight excluding hydrogens is 254 g/mol. The topological polar surface area (TPSA) is 12.9 Å². The molecule has 1 aromatic heterocycles. The summed E-state index contributed by atoms with van der Waals surface area (Å²) >= 11 is 0. The van der Waals surface area contributed by atoms with E-state index in [-0.39, 0.29) is 0 Å². The van der Waals surface area contributed by atoms with Crippen molar-refractivity contribution in [3.8, 4) is 0 Å². The van der Waals surface area contributed by atoms with Crippen LogP contribution < -0.4 is 0 Å². The number of hydrogen-bond donors (Lipinski definition) is 0. The monoisotopic (exact) mass is 271 g/mol. The van der Waals surface area contributed by atoms with E-state index in [9.17, 15) is 0 Å². The fourth-order valence-corrected chi connectivity index (χ4v) is 3.01. The van der Waals surface area contributed by atoms with E-state index in [0.717, 1.165) is 17.5 Å². The maximum Gasteiger partial charge on any atom is 0.0788 e. The summed E-state index contributed by atoms with van der Waals surface area (Å²) in [5.74, 6) is 0. The van der Waals surface area contributed by atoms with Gasteiger partial charge in [-0.15, -0.1) is 0 Å². The maximum absolute atomic E-state index is 4.94. The molecule has 0 spiro atoms. The summed E-state index contributed by atoms with van der Waals surface area (Å²) in [6.45, 7) is 4.31. The van der Waals surface area contributed by atoms with Crippen molar-refractivity contribution in [3.63, 3.8) is 0 Å². The van der Waals surface area contributed by atoms with E-state index >= 15 is 0 Å². The third-order valence-electron chi connectivity index (χ3n) is 4.22. The number of benzene rings is 3. The first kappa shape index (κ1) is 12.3. The lowest BCUT2D eigenvalue weighted by Crippen LogP contribution is -1.87. The Morgan fingerprint density at radius 1 is 0.810 bits per heavy atom. The summed E-state index contributed by atoms with van der Waals surface area (Å²) in [5, 5.41) is 4.93. The molecule has 3 aromatic carbocycles.